The van der Waals surface area contributed by atoms with E-state index in [1.54, 1.807) is 0 Å². The molecule has 8 N–H and O–H groups in total. The molecular weight excluding hydrogens is 633 g/mol. The molecule has 0 heterocycles. The van der Waals surface area contributed by atoms with Gasteiger partial charge < -0.3 is 32.3 Å². The highest BCUT2D eigenvalue weighted by atomic mass is 127. The Labute approximate surface area is 167 Å². The average Bonchev–Trinajstić information content (AvgIpc) is 2.47. The second kappa shape index (κ2) is 8.65. The van der Waals surface area contributed by atoms with Crippen molar-refractivity contribution in [2.75, 3.05) is 24.2 Å². The zero-order valence-electron chi connectivity index (χ0n) is 11.0. The maximum atomic E-state index is 12.3. The van der Waals surface area contributed by atoms with E-state index in [9.17, 15) is 14.7 Å². The van der Waals surface area contributed by atoms with Gasteiger partial charge in [0.2, 0.25) is 0 Å². The first-order chi connectivity index (χ1) is 10.2. The van der Waals surface area contributed by atoms with Crippen LogP contribution in [0.4, 0.5) is 16.2 Å². The van der Waals surface area contributed by atoms with Crippen molar-refractivity contribution < 1.29 is 19.8 Å². The molecule has 0 fully saturated rings. The summed E-state index contributed by atoms with van der Waals surface area (Å²) in [6.45, 7) is -0.566. The number of carbonyl (C=O) groups is 2. The molecule has 0 saturated heterocycles. The molecule has 11 heteroatoms. The van der Waals surface area contributed by atoms with Crippen LogP contribution in [0.1, 0.15) is 10.4 Å². The van der Waals surface area contributed by atoms with Crippen molar-refractivity contribution in [2.24, 2.45) is 5.73 Å². The molecule has 1 unspecified atom stereocenters. The number of carbonyl (C=O) groups excluding carboxylic acids is 2. The lowest BCUT2D eigenvalue weighted by molar-refractivity contribution is 0.0801. The molecule has 0 bridgehead atoms. The molecule has 0 spiro atoms. The molecule has 0 aliphatic heterocycles. The number of anilines is 2. The quantitative estimate of drug-likeness (QED) is 0.206. The second-order valence-corrected chi connectivity index (χ2v) is 7.38. The number of nitrogen functional groups attached to an aromatic ring is 1. The molecule has 1 atom stereocenters. The van der Waals surface area contributed by atoms with Crippen molar-refractivity contribution in [2.45, 2.75) is 6.10 Å². The standard InChI is InChI=1S/C11H13I3N4O4/c12-5-4(10(21)17-1-3(20)2-19)6(13)9(18-11(16)22)7(14)8(5)15/h3,19-20H,1-2,15H2,(H,17,21)(H3,16,18,22). The Morgan fingerprint density at radius 3 is 2.27 bits per heavy atom. The minimum absolute atomic E-state index is 0.105. The molecule has 1 aromatic carbocycles. The average molecular weight is 646 g/mol. The number of amides is 3. The number of aliphatic hydroxyl groups excluding tert-OH is 2. The van der Waals surface area contributed by atoms with Gasteiger partial charge in [-0.3, -0.25) is 4.79 Å². The number of halogens is 3. The van der Waals surface area contributed by atoms with Crippen LogP contribution in [0.3, 0.4) is 0 Å². The van der Waals surface area contributed by atoms with Gasteiger partial charge in [0.25, 0.3) is 5.91 Å². The van der Waals surface area contributed by atoms with Gasteiger partial charge in [-0.1, -0.05) is 0 Å². The molecule has 0 radical (unpaired) electrons. The Morgan fingerprint density at radius 2 is 1.77 bits per heavy atom. The van der Waals surface area contributed by atoms with Crippen LogP contribution in [0.25, 0.3) is 0 Å². The Kier molecular flexibility index (Phi) is 7.83. The number of primary amides is 1. The fraction of sp³-hybridized carbons (Fsp3) is 0.273. The summed E-state index contributed by atoms with van der Waals surface area (Å²) in [6.07, 6.45) is -1.05. The van der Waals surface area contributed by atoms with E-state index in [-0.39, 0.29) is 12.1 Å². The van der Waals surface area contributed by atoms with Gasteiger partial charge in [0.05, 0.1) is 40.4 Å². The third-order valence-corrected chi connectivity index (χ3v) is 5.85. The largest absolute Gasteiger partial charge is 0.397 e. The second-order valence-electron chi connectivity index (χ2n) is 4.14. The monoisotopic (exact) mass is 646 g/mol. The lowest BCUT2D eigenvalue weighted by Gasteiger charge is -2.17. The third kappa shape index (κ3) is 4.68. The number of hydrogen-bond donors (Lipinski definition) is 6. The van der Waals surface area contributed by atoms with E-state index in [0.717, 1.165) is 0 Å². The zero-order valence-corrected chi connectivity index (χ0v) is 17.5. The van der Waals surface area contributed by atoms with Gasteiger partial charge in [0.15, 0.2) is 0 Å². The number of nitrogens with two attached hydrogens (primary N) is 2. The van der Waals surface area contributed by atoms with Crippen molar-refractivity contribution >= 4 is 91.1 Å². The topological polar surface area (TPSA) is 151 Å². The number of aliphatic hydroxyl groups is 2. The summed E-state index contributed by atoms with van der Waals surface area (Å²) in [7, 11) is 0. The minimum Gasteiger partial charge on any atom is -0.397 e. The van der Waals surface area contributed by atoms with Crippen molar-refractivity contribution in [3.05, 3.63) is 16.3 Å². The maximum Gasteiger partial charge on any atom is 0.316 e. The van der Waals surface area contributed by atoms with Crippen molar-refractivity contribution in [3.63, 3.8) is 0 Å². The Balaban J connectivity index is 3.26. The molecule has 1 rings (SSSR count). The van der Waals surface area contributed by atoms with E-state index >= 15 is 0 Å². The fourth-order valence-corrected chi connectivity index (χ4v) is 5.40. The first-order valence-corrected chi connectivity index (χ1v) is 9.03. The van der Waals surface area contributed by atoms with Crippen LogP contribution in [0.5, 0.6) is 0 Å². The van der Waals surface area contributed by atoms with Gasteiger partial charge >= 0.3 is 6.03 Å². The van der Waals surface area contributed by atoms with Crippen LogP contribution in [0.2, 0.25) is 0 Å². The predicted octanol–water partition coefficient (Wildman–Crippen LogP) is 0.656. The molecule has 0 aliphatic carbocycles. The lowest BCUT2D eigenvalue weighted by Crippen LogP contribution is -2.35. The fourth-order valence-electron chi connectivity index (χ4n) is 1.48. The van der Waals surface area contributed by atoms with E-state index in [0.29, 0.717) is 22.1 Å². The Bertz CT molecular complexity index is 612. The summed E-state index contributed by atoms with van der Waals surface area (Å²) < 4.78 is 1.59. The van der Waals surface area contributed by atoms with Gasteiger partial charge in [0, 0.05) is 6.54 Å². The smallest absolute Gasteiger partial charge is 0.316 e. The lowest BCUT2D eigenvalue weighted by atomic mass is 10.1. The van der Waals surface area contributed by atoms with Crippen LogP contribution in [0.15, 0.2) is 0 Å². The van der Waals surface area contributed by atoms with Crippen LogP contribution in [-0.2, 0) is 0 Å². The molecule has 122 valence electrons. The molecule has 0 saturated carbocycles. The van der Waals surface area contributed by atoms with Crippen molar-refractivity contribution in [1.29, 1.82) is 0 Å². The highest BCUT2D eigenvalue weighted by Crippen LogP contribution is 2.37. The summed E-state index contributed by atoms with van der Waals surface area (Å²) in [5.41, 5.74) is 12.1. The van der Waals surface area contributed by atoms with Gasteiger partial charge in [-0.15, -0.1) is 0 Å². The Morgan fingerprint density at radius 1 is 1.18 bits per heavy atom. The molecule has 0 aliphatic rings. The molecule has 0 aromatic heterocycles. The summed E-state index contributed by atoms with van der Waals surface area (Å²) >= 11 is 5.81. The van der Waals surface area contributed by atoms with E-state index in [4.69, 9.17) is 16.6 Å². The number of rotatable bonds is 5. The van der Waals surface area contributed by atoms with E-state index in [1.165, 1.54) is 0 Å². The van der Waals surface area contributed by atoms with E-state index in [1.807, 2.05) is 67.8 Å². The van der Waals surface area contributed by atoms with Crippen LogP contribution < -0.4 is 22.1 Å². The molecule has 22 heavy (non-hydrogen) atoms. The van der Waals surface area contributed by atoms with Gasteiger partial charge in [-0.2, -0.15) is 0 Å². The third-order valence-electron chi connectivity index (χ3n) is 2.54. The molecular formula is C11H13I3N4O4. The summed E-state index contributed by atoms with van der Waals surface area (Å²) in [5.74, 6) is -0.475. The molecule has 3 amide bonds. The first-order valence-electron chi connectivity index (χ1n) is 5.80. The van der Waals surface area contributed by atoms with Crippen molar-refractivity contribution in [1.82, 2.24) is 5.32 Å². The van der Waals surface area contributed by atoms with Crippen LogP contribution in [0, 0.1) is 10.7 Å². The summed E-state index contributed by atoms with van der Waals surface area (Å²) in [5, 5.41) is 23.0. The molecule has 1 aromatic rings. The minimum atomic E-state index is -1.05. The SMILES string of the molecule is NC(=O)Nc1c(I)c(N)c(I)c(C(=O)NCC(O)CO)c1I. The number of benzene rings is 1. The first kappa shape index (κ1) is 19.9. The summed E-state index contributed by atoms with van der Waals surface area (Å²) in [6, 6.07) is -0.765. The van der Waals surface area contributed by atoms with Gasteiger partial charge in [0.1, 0.15) is 0 Å². The summed E-state index contributed by atoms with van der Waals surface area (Å²) in [4.78, 5) is 23.4. The maximum absolute atomic E-state index is 12.3. The van der Waals surface area contributed by atoms with E-state index < -0.39 is 24.6 Å². The number of hydrogen-bond acceptors (Lipinski definition) is 5. The van der Waals surface area contributed by atoms with Crippen LogP contribution >= 0.6 is 67.8 Å². The predicted molar refractivity (Wildman–Crippen MR) is 108 cm³/mol. The highest BCUT2D eigenvalue weighted by Gasteiger charge is 2.24. The van der Waals surface area contributed by atoms with E-state index in [2.05, 4.69) is 10.6 Å². The highest BCUT2D eigenvalue weighted by molar-refractivity contribution is 14.1. The molecule has 8 nitrogen and oxygen atoms in total. The Hall–Kier alpha value is -0.130. The zero-order chi connectivity index (χ0) is 17.0. The number of urea groups is 1. The van der Waals surface area contributed by atoms with Gasteiger partial charge in [-0.05, 0) is 67.8 Å². The van der Waals surface area contributed by atoms with Gasteiger partial charge in [-0.25, -0.2) is 4.79 Å². The van der Waals surface area contributed by atoms with Crippen LogP contribution in [-0.4, -0.2) is 41.4 Å². The number of nitrogens with one attached hydrogen (secondary N) is 2. The van der Waals surface area contributed by atoms with Crippen molar-refractivity contribution in [3.8, 4) is 0 Å². The normalized spacial score (nSPS) is 11.9.